The van der Waals surface area contributed by atoms with E-state index in [1.807, 2.05) is 0 Å². The predicted octanol–water partition coefficient (Wildman–Crippen LogP) is 6.25. The Hall–Kier alpha value is -2.48. The standard InChI is InChI=1S/C19H12Cl3F2N3O2/c1-2-6-19(23,24)16-15(29-10-3-4-12(20)13(21)8-10)18(28)27-17(26-16)11-5-7-25-9-14(11)22/h2-9H,1H3,(H,26,27,28). The van der Waals surface area contributed by atoms with Crippen molar-refractivity contribution < 1.29 is 13.5 Å². The fraction of sp³-hybridized carbons (Fsp3) is 0.105. The Kier molecular flexibility index (Phi) is 6.21. The first-order valence-electron chi connectivity index (χ1n) is 8.12. The van der Waals surface area contributed by atoms with Gasteiger partial charge in [-0.2, -0.15) is 8.78 Å². The summed E-state index contributed by atoms with van der Waals surface area (Å²) in [6.07, 6.45) is 4.45. The molecule has 2 heterocycles. The van der Waals surface area contributed by atoms with Crippen molar-refractivity contribution >= 4 is 34.8 Å². The number of H-pyrrole nitrogens is 1. The number of halogens is 5. The predicted molar refractivity (Wildman–Crippen MR) is 108 cm³/mol. The van der Waals surface area contributed by atoms with E-state index in [1.54, 1.807) is 0 Å². The van der Waals surface area contributed by atoms with E-state index in [1.165, 1.54) is 43.6 Å². The van der Waals surface area contributed by atoms with Crippen LogP contribution in [0.3, 0.4) is 0 Å². The van der Waals surface area contributed by atoms with Crippen LogP contribution in [0.2, 0.25) is 15.1 Å². The lowest BCUT2D eigenvalue weighted by atomic mass is 10.1. The summed E-state index contributed by atoms with van der Waals surface area (Å²) in [7, 11) is 0. The number of hydrogen-bond acceptors (Lipinski definition) is 4. The Morgan fingerprint density at radius 2 is 1.90 bits per heavy atom. The molecule has 0 atom stereocenters. The number of rotatable bonds is 5. The van der Waals surface area contributed by atoms with E-state index in [4.69, 9.17) is 39.5 Å². The minimum Gasteiger partial charge on any atom is -0.449 e. The molecule has 5 nitrogen and oxygen atoms in total. The van der Waals surface area contributed by atoms with Crippen LogP contribution in [0.15, 0.2) is 53.6 Å². The number of allylic oxidation sites excluding steroid dienone is 2. The van der Waals surface area contributed by atoms with Crippen molar-refractivity contribution in [3.8, 4) is 22.9 Å². The van der Waals surface area contributed by atoms with Crippen molar-refractivity contribution in [3.63, 3.8) is 0 Å². The van der Waals surface area contributed by atoms with Crippen LogP contribution in [0.25, 0.3) is 11.4 Å². The summed E-state index contributed by atoms with van der Waals surface area (Å²) in [6, 6.07) is 5.54. The van der Waals surface area contributed by atoms with Crippen molar-refractivity contribution in [2.45, 2.75) is 12.8 Å². The third-order valence-electron chi connectivity index (χ3n) is 3.71. The highest BCUT2D eigenvalue weighted by Crippen LogP contribution is 2.37. The molecule has 10 heteroatoms. The minimum absolute atomic E-state index is 0.0407. The third-order valence-corrected chi connectivity index (χ3v) is 4.75. The van der Waals surface area contributed by atoms with Gasteiger partial charge in [-0.25, -0.2) is 4.98 Å². The first-order chi connectivity index (χ1) is 13.7. The fourth-order valence-corrected chi connectivity index (χ4v) is 2.92. The molecule has 0 unspecified atom stereocenters. The van der Waals surface area contributed by atoms with Crippen LogP contribution in [0.1, 0.15) is 12.6 Å². The molecule has 0 saturated carbocycles. The molecule has 0 radical (unpaired) electrons. The molecule has 150 valence electrons. The molecule has 0 aliphatic heterocycles. The molecule has 29 heavy (non-hydrogen) atoms. The molecule has 3 aromatic rings. The molecule has 0 aliphatic rings. The van der Waals surface area contributed by atoms with Crippen LogP contribution in [0.4, 0.5) is 8.78 Å². The van der Waals surface area contributed by atoms with Gasteiger partial charge in [-0.3, -0.25) is 9.78 Å². The van der Waals surface area contributed by atoms with Crippen molar-refractivity contribution in [1.29, 1.82) is 0 Å². The number of hydrogen-bond donors (Lipinski definition) is 1. The van der Waals surface area contributed by atoms with Gasteiger partial charge in [0.15, 0.2) is 5.69 Å². The SMILES string of the molecule is CC=CC(F)(F)c1nc(-c2ccncc2Cl)[nH]c(=O)c1Oc1ccc(Cl)c(Cl)c1. The van der Waals surface area contributed by atoms with Gasteiger partial charge < -0.3 is 9.72 Å². The van der Waals surface area contributed by atoms with Gasteiger partial charge in [0.1, 0.15) is 11.6 Å². The molecule has 2 aromatic heterocycles. The molecule has 1 N–H and O–H groups in total. The number of aromatic nitrogens is 3. The lowest BCUT2D eigenvalue weighted by molar-refractivity contribution is 0.0444. The van der Waals surface area contributed by atoms with Crippen molar-refractivity contribution in [1.82, 2.24) is 15.0 Å². The van der Waals surface area contributed by atoms with Crippen LogP contribution in [-0.2, 0) is 5.92 Å². The maximum atomic E-state index is 14.8. The largest absolute Gasteiger partial charge is 0.449 e. The van der Waals surface area contributed by atoms with Crippen LogP contribution >= 0.6 is 34.8 Å². The topological polar surface area (TPSA) is 67.9 Å². The van der Waals surface area contributed by atoms with E-state index < -0.39 is 22.9 Å². The van der Waals surface area contributed by atoms with Crippen molar-refractivity contribution in [2.75, 3.05) is 0 Å². The Labute approximate surface area is 178 Å². The Morgan fingerprint density at radius 1 is 1.14 bits per heavy atom. The quantitative estimate of drug-likeness (QED) is 0.459. The average molecular weight is 459 g/mol. The van der Waals surface area contributed by atoms with Crippen LogP contribution in [0.5, 0.6) is 11.5 Å². The molecule has 1 aromatic carbocycles. The Morgan fingerprint density at radius 3 is 2.55 bits per heavy atom. The van der Waals surface area contributed by atoms with Gasteiger partial charge >= 0.3 is 5.92 Å². The number of nitrogens with zero attached hydrogens (tertiary/aromatic N) is 2. The first-order valence-corrected chi connectivity index (χ1v) is 9.25. The Balaban J connectivity index is 2.20. The Bertz CT molecular complexity index is 1150. The number of benzene rings is 1. The van der Waals surface area contributed by atoms with Crippen LogP contribution in [-0.4, -0.2) is 15.0 Å². The van der Waals surface area contributed by atoms with Gasteiger partial charge in [-0.15, -0.1) is 0 Å². The second kappa shape index (κ2) is 8.49. The summed E-state index contributed by atoms with van der Waals surface area (Å²) in [6.45, 7) is 1.42. The zero-order chi connectivity index (χ0) is 21.2. The molecule has 0 bridgehead atoms. The van der Waals surface area contributed by atoms with E-state index in [9.17, 15) is 13.6 Å². The zero-order valence-corrected chi connectivity index (χ0v) is 17.0. The molecular formula is C19H12Cl3F2N3O2. The smallest absolute Gasteiger partial charge is 0.312 e. The summed E-state index contributed by atoms with van der Waals surface area (Å²) in [5, 5.41) is 0.512. The van der Waals surface area contributed by atoms with Crippen molar-refractivity contribution in [3.05, 3.63) is 79.9 Å². The maximum Gasteiger partial charge on any atom is 0.312 e. The van der Waals surface area contributed by atoms with E-state index in [0.717, 1.165) is 6.08 Å². The van der Waals surface area contributed by atoms with E-state index >= 15 is 0 Å². The fourth-order valence-electron chi connectivity index (χ4n) is 2.42. The molecular weight excluding hydrogens is 447 g/mol. The highest BCUT2D eigenvalue weighted by atomic mass is 35.5. The van der Waals surface area contributed by atoms with Crippen LogP contribution < -0.4 is 10.3 Å². The number of pyridine rings is 1. The summed E-state index contributed by atoms with van der Waals surface area (Å²) in [5.41, 5.74) is -1.57. The first kappa shape index (κ1) is 21.2. The van der Waals surface area contributed by atoms with Gasteiger partial charge in [0.05, 0.1) is 15.1 Å². The summed E-state index contributed by atoms with van der Waals surface area (Å²) >= 11 is 17.8. The van der Waals surface area contributed by atoms with Gasteiger partial charge in [0, 0.05) is 24.0 Å². The molecule has 3 rings (SSSR count). The minimum atomic E-state index is -3.59. The molecule has 0 fully saturated rings. The molecule has 0 amide bonds. The number of nitrogens with one attached hydrogen (secondary N) is 1. The highest BCUT2D eigenvalue weighted by Gasteiger charge is 2.36. The second-order valence-electron chi connectivity index (χ2n) is 5.75. The third kappa shape index (κ3) is 4.58. The highest BCUT2D eigenvalue weighted by molar-refractivity contribution is 6.42. The number of ether oxygens (including phenoxy) is 1. The van der Waals surface area contributed by atoms with Gasteiger partial charge in [0.25, 0.3) is 5.56 Å². The molecule has 0 spiro atoms. The van der Waals surface area contributed by atoms with Gasteiger partial charge in [-0.1, -0.05) is 40.9 Å². The van der Waals surface area contributed by atoms with Crippen molar-refractivity contribution in [2.24, 2.45) is 0 Å². The molecule has 0 saturated heterocycles. The van der Waals surface area contributed by atoms with Gasteiger partial charge in [0.2, 0.25) is 5.75 Å². The summed E-state index contributed by atoms with van der Waals surface area (Å²) in [5.74, 6) is -4.38. The summed E-state index contributed by atoms with van der Waals surface area (Å²) in [4.78, 5) is 22.8. The summed E-state index contributed by atoms with van der Waals surface area (Å²) < 4.78 is 35.0. The van der Waals surface area contributed by atoms with E-state index in [0.29, 0.717) is 6.08 Å². The molecule has 0 aliphatic carbocycles. The number of alkyl halides is 2. The lowest BCUT2D eigenvalue weighted by Gasteiger charge is -2.17. The second-order valence-corrected chi connectivity index (χ2v) is 6.97. The van der Waals surface area contributed by atoms with E-state index in [2.05, 4.69) is 15.0 Å². The average Bonchev–Trinajstić information content (AvgIpc) is 2.66. The van der Waals surface area contributed by atoms with E-state index in [-0.39, 0.29) is 32.2 Å². The zero-order valence-electron chi connectivity index (χ0n) is 14.7. The lowest BCUT2D eigenvalue weighted by Crippen LogP contribution is -2.22. The van der Waals surface area contributed by atoms with Crippen LogP contribution in [0, 0.1) is 0 Å². The normalized spacial score (nSPS) is 11.8. The maximum absolute atomic E-state index is 14.8. The van der Waals surface area contributed by atoms with Gasteiger partial charge in [-0.05, 0) is 31.2 Å². The monoisotopic (exact) mass is 457 g/mol. The number of aromatic amines is 1.